The number of carbonyl (C=O) groups excluding carboxylic acids is 1. The molecule has 0 aliphatic rings. The van der Waals surface area contributed by atoms with Crippen LogP contribution in [0.2, 0.25) is 0 Å². The first-order valence-corrected chi connectivity index (χ1v) is 8.22. The van der Waals surface area contributed by atoms with E-state index in [9.17, 15) is 10.1 Å². The number of ketones is 1. The van der Waals surface area contributed by atoms with E-state index < -0.39 is 0 Å². The van der Waals surface area contributed by atoms with E-state index in [2.05, 4.69) is 5.32 Å². The summed E-state index contributed by atoms with van der Waals surface area (Å²) in [6, 6.07) is 20.9. The second-order valence-electron chi connectivity index (χ2n) is 5.96. The van der Waals surface area contributed by atoms with Crippen LogP contribution in [0.3, 0.4) is 0 Å². The lowest BCUT2D eigenvalue weighted by molar-refractivity contribution is 0.103. The van der Waals surface area contributed by atoms with Crippen LogP contribution in [0.5, 0.6) is 0 Å². The molecular weight excluding hydrogens is 324 g/mol. The molecule has 0 aliphatic heterocycles. The fraction of sp³-hybridized carbons (Fsp3) is 0.0909. The normalized spacial score (nSPS) is 11.0. The van der Waals surface area contributed by atoms with E-state index in [1.807, 2.05) is 67.6 Å². The Labute approximate surface area is 152 Å². The van der Waals surface area contributed by atoms with Crippen molar-refractivity contribution in [3.63, 3.8) is 0 Å². The Hall–Kier alpha value is -3.58. The first-order valence-electron chi connectivity index (χ1n) is 8.22. The van der Waals surface area contributed by atoms with Crippen molar-refractivity contribution < 1.29 is 9.21 Å². The van der Waals surface area contributed by atoms with Crippen molar-refractivity contribution in [2.75, 3.05) is 5.32 Å². The van der Waals surface area contributed by atoms with Crippen molar-refractivity contribution in [2.24, 2.45) is 0 Å². The van der Waals surface area contributed by atoms with Gasteiger partial charge in [-0.1, -0.05) is 48.0 Å². The third kappa shape index (κ3) is 3.73. The number of nitriles is 1. The Morgan fingerprint density at radius 2 is 1.77 bits per heavy atom. The number of furan rings is 1. The molecule has 3 rings (SSSR count). The number of anilines is 1. The summed E-state index contributed by atoms with van der Waals surface area (Å²) >= 11 is 0. The molecule has 3 aromatic rings. The molecular formula is C22H18N2O2. The maximum atomic E-state index is 12.7. The lowest BCUT2D eigenvalue weighted by Gasteiger charge is -2.02. The summed E-state index contributed by atoms with van der Waals surface area (Å²) in [7, 11) is 0. The molecule has 4 heteroatoms. The van der Waals surface area contributed by atoms with Crippen LogP contribution in [-0.2, 0) is 0 Å². The molecule has 0 atom stereocenters. The van der Waals surface area contributed by atoms with Crippen LogP contribution in [0.25, 0.3) is 11.3 Å². The van der Waals surface area contributed by atoms with E-state index in [0.29, 0.717) is 17.1 Å². The van der Waals surface area contributed by atoms with Crippen LogP contribution >= 0.6 is 0 Å². The first kappa shape index (κ1) is 17.2. The lowest BCUT2D eigenvalue weighted by Crippen LogP contribution is -2.04. The van der Waals surface area contributed by atoms with Gasteiger partial charge in [0.1, 0.15) is 23.2 Å². The van der Waals surface area contributed by atoms with E-state index in [1.54, 1.807) is 13.0 Å². The van der Waals surface area contributed by atoms with Gasteiger partial charge < -0.3 is 9.73 Å². The molecule has 4 nitrogen and oxygen atoms in total. The molecule has 1 heterocycles. The van der Waals surface area contributed by atoms with Crippen molar-refractivity contribution in [3.8, 4) is 17.4 Å². The molecule has 1 aromatic heterocycles. The summed E-state index contributed by atoms with van der Waals surface area (Å²) in [5.41, 5.74) is 3.25. The summed E-state index contributed by atoms with van der Waals surface area (Å²) in [4.78, 5) is 12.7. The van der Waals surface area contributed by atoms with Crippen molar-refractivity contribution >= 4 is 11.5 Å². The summed E-state index contributed by atoms with van der Waals surface area (Å²) in [5.74, 6) is 0.733. The first-order chi connectivity index (χ1) is 12.6. The SMILES string of the molecule is Cc1ccc(NC=C(C#N)C(=O)c2cc(-c3ccccc3)oc2C)cc1. The number of nitrogens with zero attached hydrogens (tertiary/aromatic N) is 1. The molecule has 128 valence electrons. The average molecular weight is 342 g/mol. The maximum absolute atomic E-state index is 12.7. The highest BCUT2D eigenvalue weighted by molar-refractivity contribution is 6.12. The van der Waals surface area contributed by atoms with Gasteiger partial charge in [0.15, 0.2) is 0 Å². The van der Waals surface area contributed by atoms with Crippen LogP contribution < -0.4 is 5.32 Å². The third-order valence-electron chi connectivity index (χ3n) is 4.02. The Morgan fingerprint density at radius 3 is 2.42 bits per heavy atom. The predicted octanol–water partition coefficient (Wildman–Crippen LogP) is 5.27. The van der Waals surface area contributed by atoms with Gasteiger partial charge >= 0.3 is 0 Å². The van der Waals surface area contributed by atoms with Crippen LogP contribution in [0.4, 0.5) is 5.69 Å². The molecule has 0 bridgehead atoms. The molecule has 0 unspecified atom stereocenters. The monoisotopic (exact) mass is 342 g/mol. The smallest absolute Gasteiger partial charge is 0.208 e. The number of allylic oxidation sites excluding steroid dienone is 1. The highest BCUT2D eigenvalue weighted by Crippen LogP contribution is 2.26. The van der Waals surface area contributed by atoms with Gasteiger partial charge in [-0.15, -0.1) is 0 Å². The molecule has 1 N–H and O–H groups in total. The molecule has 0 fully saturated rings. The van der Waals surface area contributed by atoms with Gasteiger partial charge in [-0.25, -0.2) is 0 Å². The van der Waals surface area contributed by atoms with Crippen LogP contribution in [-0.4, -0.2) is 5.78 Å². The van der Waals surface area contributed by atoms with E-state index in [1.165, 1.54) is 6.20 Å². The Kier molecular flexibility index (Phi) is 5.00. The average Bonchev–Trinajstić information content (AvgIpc) is 3.06. The van der Waals surface area contributed by atoms with Gasteiger partial charge in [-0.2, -0.15) is 5.26 Å². The van der Waals surface area contributed by atoms with Gasteiger partial charge in [0.05, 0.1) is 5.56 Å². The van der Waals surface area contributed by atoms with Crippen LogP contribution in [0.15, 0.2) is 76.9 Å². The van der Waals surface area contributed by atoms with Gasteiger partial charge in [-0.05, 0) is 32.0 Å². The zero-order valence-electron chi connectivity index (χ0n) is 14.6. The number of hydrogen-bond acceptors (Lipinski definition) is 4. The van der Waals surface area contributed by atoms with E-state index in [-0.39, 0.29) is 11.4 Å². The number of nitrogens with one attached hydrogen (secondary N) is 1. The number of hydrogen-bond donors (Lipinski definition) is 1. The molecule has 0 saturated carbocycles. The standard InChI is InChI=1S/C22H18N2O2/c1-15-8-10-19(11-9-15)24-14-18(13-23)22(25)20-12-21(26-16(20)2)17-6-4-3-5-7-17/h3-12,14,24H,1-2H3. The van der Waals surface area contributed by atoms with Crippen LogP contribution in [0, 0.1) is 25.2 Å². The molecule has 26 heavy (non-hydrogen) atoms. The van der Waals surface area contributed by atoms with Crippen molar-refractivity contribution in [1.29, 1.82) is 5.26 Å². The zero-order valence-corrected chi connectivity index (χ0v) is 14.6. The summed E-state index contributed by atoms with van der Waals surface area (Å²) < 4.78 is 5.71. The largest absolute Gasteiger partial charge is 0.461 e. The van der Waals surface area contributed by atoms with Gasteiger partial charge in [0.2, 0.25) is 5.78 Å². The highest BCUT2D eigenvalue weighted by atomic mass is 16.3. The zero-order chi connectivity index (χ0) is 18.5. The number of carbonyl (C=O) groups is 1. The third-order valence-corrected chi connectivity index (χ3v) is 4.02. The lowest BCUT2D eigenvalue weighted by atomic mass is 10.0. The van der Waals surface area contributed by atoms with Gasteiger partial charge in [0, 0.05) is 17.5 Å². The number of aryl methyl sites for hydroxylation is 2. The fourth-order valence-electron chi connectivity index (χ4n) is 2.55. The molecule has 0 radical (unpaired) electrons. The van der Waals surface area contributed by atoms with Crippen molar-refractivity contribution in [1.82, 2.24) is 0 Å². The van der Waals surface area contributed by atoms with Crippen LogP contribution in [0.1, 0.15) is 21.7 Å². The number of rotatable bonds is 5. The fourth-order valence-corrected chi connectivity index (χ4v) is 2.55. The molecule has 0 spiro atoms. The Balaban J connectivity index is 1.85. The maximum Gasteiger partial charge on any atom is 0.208 e. The molecule has 0 amide bonds. The Bertz CT molecular complexity index is 991. The molecule has 0 saturated heterocycles. The van der Waals surface area contributed by atoms with Crippen molar-refractivity contribution in [2.45, 2.75) is 13.8 Å². The van der Waals surface area contributed by atoms with E-state index in [0.717, 1.165) is 16.8 Å². The quantitative estimate of drug-likeness (QED) is 0.390. The minimum Gasteiger partial charge on any atom is -0.461 e. The molecule has 0 aliphatic carbocycles. The van der Waals surface area contributed by atoms with Gasteiger partial charge in [-0.3, -0.25) is 4.79 Å². The minimum atomic E-state index is -0.365. The summed E-state index contributed by atoms with van der Waals surface area (Å²) in [6.45, 7) is 3.72. The summed E-state index contributed by atoms with van der Waals surface area (Å²) in [5, 5.41) is 12.4. The van der Waals surface area contributed by atoms with Gasteiger partial charge in [0.25, 0.3) is 0 Å². The number of benzene rings is 2. The van der Waals surface area contributed by atoms with E-state index >= 15 is 0 Å². The summed E-state index contributed by atoms with van der Waals surface area (Å²) in [6.07, 6.45) is 1.43. The molecule has 2 aromatic carbocycles. The second-order valence-corrected chi connectivity index (χ2v) is 5.96. The topological polar surface area (TPSA) is 66.0 Å². The minimum absolute atomic E-state index is 0.0223. The Morgan fingerprint density at radius 1 is 1.08 bits per heavy atom. The highest BCUT2D eigenvalue weighted by Gasteiger charge is 2.19. The predicted molar refractivity (Wildman–Crippen MR) is 102 cm³/mol. The van der Waals surface area contributed by atoms with Crippen molar-refractivity contribution in [3.05, 3.63) is 89.3 Å². The van der Waals surface area contributed by atoms with E-state index in [4.69, 9.17) is 4.42 Å². The second kappa shape index (κ2) is 7.54. The number of Topliss-reactive ketones (excluding diaryl/α,β-unsaturated/α-hetero) is 1.